The maximum atomic E-state index is 2.28. The summed E-state index contributed by atoms with van der Waals surface area (Å²) in [5.41, 5.74) is 0. The van der Waals surface area contributed by atoms with Crippen LogP contribution >= 0.6 is 0 Å². The van der Waals surface area contributed by atoms with E-state index in [0.717, 1.165) is 0 Å². The molecule has 0 amide bonds. The fourth-order valence-electron chi connectivity index (χ4n) is 1.56. The van der Waals surface area contributed by atoms with Gasteiger partial charge >= 0.3 is 17.1 Å². The summed E-state index contributed by atoms with van der Waals surface area (Å²) in [7, 11) is 0. The van der Waals surface area contributed by atoms with Crippen molar-refractivity contribution in [2.45, 2.75) is 78.1 Å². The molecule has 0 aliphatic heterocycles. The van der Waals surface area contributed by atoms with E-state index in [0.29, 0.717) is 0 Å². The topological polar surface area (TPSA) is 0 Å². The molecule has 0 N–H and O–H groups in total. The SMILES string of the molecule is CCCCCCCCCCCC.[SeH2]. The van der Waals surface area contributed by atoms with Gasteiger partial charge in [-0.25, -0.2) is 0 Å². The van der Waals surface area contributed by atoms with Gasteiger partial charge in [0.1, 0.15) is 0 Å². The fraction of sp³-hybridized carbons (Fsp3) is 1.00. The van der Waals surface area contributed by atoms with E-state index in [4.69, 9.17) is 0 Å². The molecule has 0 aliphatic carbocycles. The van der Waals surface area contributed by atoms with Gasteiger partial charge in [0.25, 0.3) is 0 Å². The molecular formula is C12H28Se. The Bertz CT molecular complexity index is 61.5. The predicted molar refractivity (Wildman–Crippen MR) is 66.1 cm³/mol. The summed E-state index contributed by atoms with van der Waals surface area (Å²) in [5, 5.41) is 0. The molecule has 0 saturated carbocycles. The first-order valence-electron chi connectivity index (χ1n) is 5.91. The normalized spacial score (nSPS) is 9.69. The molecule has 0 fully saturated rings. The van der Waals surface area contributed by atoms with Crippen molar-refractivity contribution in [1.82, 2.24) is 0 Å². The van der Waals surface area contributed by atoms with Crippen molar-refractivity contribution >= 4 is 17.1 Å². The standard InChI is InChI=1S/C12H26.H2Se/c1-3-5-7-9-11-12-10-8-6-4-2;/h3-12H2,1-2H3;1H2. The molecule has 1 heteroatoms. The van der Waals surface area contributed by atoms with Crippen LogP contribution in [0, 0.1) is 0 Å². The van der Waals surface area contributed by atoms with E-state index in [1.807, 2.05) is 0 Å². The van der Waals surface area contributed by atoms with Gasteiger partial charge in [-0.3, -0.25) is 0 Å². The van der Waals surface area contributed by atoms with Crippen LogP contribution in [0.3, 0.4) is 0 Å². The number of hydrogen-bond acceptors (Lipinski definition) is 0. The molecule has 0 aromatic rings. The van der Waals surface area contributed by atoms with Crippen LogP contribution in [0.25, 0.3) is 0 Å². The van der Waals surface area contributed by atoms with Gasteiger partial charge in [-0.1, -0.05) is 78.1 Å². The first-order chi connectivity index (χ1) is 5.91. The van der Waals surface area contributed by atoms with Crippen molar-refractivity contribution in [3.05, 3.63) is 0 Å². The van der Waals surface area contributed by atoms with Gasteiger partial charge in [-0.15, -0.1) is 0 Å². The van der Waals surface area contributed by atoms with E-state index in [1.165, 1.54) is 64.2 Å². The van der Waals surface area contributed by atoms with Gasteiger partial charge in [-0.05, 0) is 0 Å². The van der Waals surface area contributed by atoms with Gasteiger partial charge in [0.2, 0.25) is 0 Å². The van der Waals surface area contributed by atoms with Crippen LogP contribution in [0.1, 0.15) is 78.1 Å². The van der Waals surface area contributed by atoms with Gasteiger partial charge in [-0.2, -0.15) is 0 Å². The molecule has 0 spiro atoms. The van der Waals surface area contributed by atoms with Crippen molar-refractivity contribution in [2.75, 3.05) is 0 Å². The second-order valence-electron chi connectivity index (χ2n) is 3.83. The van der Waals surface area contributed by atoms with Crippen molar-refractivity contribution in [1.29, 1.82) is 0 Å². The Labute approximate surface area is 95.3 Å². The Balaban J connectivity index is 0. The van der Waals surface area contributed by atoms with Crippen LogP contribution in [0.2, 0.25) is 0 Å². The molecule has 0 rings (SSSR count). The molecule has 82 valence electrons. The Kier molecular flexibility index (Phi) is 18.4. The molecule has 0 radical (unpaired) electrons. The Morgan fingerprint density at radius 3 is 0.923 bits per heavy atom. The number of unbranched alkanes of at least 4 members (excludes halogenated alkanes) is 9. The first-order valence-corrected chi connectivity index (χ1v) is 5.91. The molecular weight excluding hydrogens is 223 g/mol. The summed E-state index contributed by atoms with van der Waals surface area (Å²) in [6, 6.07) is 0. The summed E-state index contributed by atoms with van der Waals surface area (Å²) in [5.74, 6) is 0. The minimum absolute atomic E-state index is 0. The molecule has 0 atom stereocenters. The van der Waals surface area contributed by atoms with Crippen molar-refractivity contribution in [2.24, 2.45) is 0 Å². The fourth-order valence-corrected chi connectivity index (χ4v) is 1.56. The second-order valence-corrected chi connectivity index (χ2v) is 3.83. The molecule has 0 aromatic carbocycles. The Morgan fingerprint density at radius 1 is 0.462 bits per heavy atom. The average Bonchev–Trinajstić information content (AvgIpc) is 2.10. The summed E-state index contributed by atoms with van der Waals surface area (Å²) >= 11 is 0. The molecule has 13 heavy (non-hydrogen) atoms. The van der Waals surface area contributed by atoms with Crippen LogP contribution in [0.4, 0.5) is 0 Å². The van der Waals surface area contributed by atoms with E-state index in [-0.39, 0.29) is 17.1 Å². The number of rotatable bonds is 9. The van der Waals surface area contributed by atoms with Gasteiger partial charge in [0, 0.05) is 0 Å². The molecule has 0 heterocycles. The molecule has 0 unspecified atom stereocenters. The quantitative estimate of drug-likeness (QED) is 0.429. The molecule has 0 saturated heterocycles. The van der Waals surface area contributed by atoms with E-state index in [1.54, 1.807) is 0 Å². The zero-order chi connectivity index (χ0) is 9.07. The third-order valence-corrected chi connectivity index (χ3v) is 2.46. The Morgan fingerprint density at radius 2 is 0.692 bits per heavy atom. The van der Waals surface area contributed by atoms with Gasteiger partial charge in [0.15, 0.2) is 0 Å². The molecule has 0 aromatic heterocycles. The van der Waals surface area contributed by atoms with Crippen LogP contribution < -0.4 is 0 Å². The van der Waals surface area contributed by atoms with Crippen molar-refractivity contribution in [3.63, 3.8) is 0 Å². The van der Waals surface area contributed by atoms with Crippen molar-refractivity contribution < 1.29 is 0 Å². The third kappa shape index (κ3) is 15.3. The van der Waals surface area contributed by atoms with E-state index >= 15 is 0 Å². The molecule has 0 aliphatic rings. The third-order valence-electron chi connectivity index (χ3n) is 2.46. The monoisotopic (exact) mass is 252 g/mol. The van der Waals surface area contributed by atoms with Crippen molar-refractivity contribution in [3.8, 4) is 0 Å². The molecule has 0 bridgehead atoms. The zero-order valence-electron chi connectivity index (χ0n) is 9.57. The minimum atomic E-state index is 0. The van der Waals surface area contributed by atoms with Gasteiger partial charge in [0.05, 0.1) is 0 Å². The zero-order valence-corrected chi connectivity index (χ0v) is 11.7. The number of hydrogen-bond donors (Lipinski definition) is 0. The Hall–Kier alpha value is 0.519. The summed E-state index contributed by atoms with van der Waals surface area (Å²) in [6.45, 7) is 4.56. The van der Waals surface area contributed by atoms with Crippen LogP contribution in [0.15, 0.2) is 0 Å². The first kappa shape index (κ1) is 16.0. The van der Waals surface area contributed by atoms with E-state index in [9.17, 15) is 0 Å². The van der Waals surface area contributed by atoms with Gasteiger partial charge < -0.3 is 0 Å². The van der Waals surface area contributed by atoms with E-state index < -0.39 is 0 Å². The molecule has 0 nitrogen and oxygen atoms in total. The predicted octanol–water partition coefficient (Wildman–Crippen LogP) is 4.01. The summed E-state index contributed by atoms with van der Waals surface area (Å²) in [4.78, 5) is 0. The average molecular weight is 251 g/mol. The summed E-state index contributed by atoms with van der Waals surface area (Å²) in [6.07, 6.45) is 14.4. The maximum absolute atomic E-state index is 2.28. The van der Waals surface area contributed by atoms with Crippen LogP contribution in [0.5, 0.6) is 0 Å². The van der Waals surface area contributed by atoms with Crippen LogP contribution in [-0.2, 0) is 0 Å². The second kappa shape index (κ2) is 15.0. The van der Waals surface area contributed by atoms with Crippen LogP contribution in [-0.4, -0.2) is 17.1 Å². The summed E-state index contributed by atoms with van der Waals surface area (Å²) < 4.78 is 0. The van der Waals surface area contributed by atoms with E-state index in [2.05, 4.69) is 13.8 Å².